The number of thiophene rings is 1. The first-order valence-electron chi connectivity index (χ1n) is 9.66. The van der Waals surface area contributed by atoms with E-state index < -0.39 is 15.9 Å². The van der Waals surface area contributed by atoms with Crippen LogP contribution in [0.5, 0.6) is 0 Å². The van der Waals surface area contributed by atoms with Crippen molar-refractivity contribution in [1.82, 2.24) is 9.21 Å². The summed E-state index contributed by atoms with van der Waals surface area (Å²) in [6.45, 7) is 2.83. The molecule has 1 N–H and O–H groups in total. The first kappa shape index (κ1) is 21.3. The predicted molar refractivity (Wildman–Crippen MR) is 117 cm³/mol. The lowest BCUT2D eigenvalue weighted by atomic mass is 10.1. The Hall–Kier alpha value is -2.95. The Bertz CT molecular complexity index is 1190. The van der Waals surface area contributed by atoms with Gasteiger partial charge in [0.05, 0.1) is 17.5 Å². The van der Waals surface area contributed by atoms with Crippen molar-refractivity contribution in [2.45, 2.75) is 11.1 Å². The number of aryl methyl sites for hydroxylation is 1. The van der Waals surface area contributed by atoms with E-state index in [1.54, 1.807) is 47.4 Å². The van der Waals surface area contributed by atoms with E-state index in [0.29, 0.717) is 15.5 Å². The van der Waals surface area contributed by atoms with Crippen LogP contribution in [0.2, 0.25) is 0 Å². The minimum absolute atomic E-state index is 0.143. The van der Waals surface area contributed by atoms with Crippen molar-refractivity contribution in [3.8, 4) is 0 Å². The summed E-state index contributed by atoms with van der Waals surface area (Å²) in [6, 6.07) is 13.3. The third-order valence-corrected chi connectivity index (χ3v) is 8.35. The van der Waals surface area contributed by atoms with E-state index >= 15 is 0 Å². The predicted octanol–water partition coefficient (Wildman–Crippen LogP) is 3.05. The van der Waals surface area contributed by atoms with E-state index in [1.807, 2.05) is 6.92 Å². The Morgan fingerprint density at radius 1 is 1.00 bits per heavy atom. The summed E-state index contributed by atoms with van der Waals surface area (Å²) in [7, 11) is -3.56. The third-order valence-electron chi connectivity index (χ3n) is 4.99. The normalized spacial score (nSPS) is 15.1. The van der Waals surface area contributed by atoms with E-state index in [-0.39, 0.29) is 37.8 Å². The van der Waals surface area contributed by atoms with Crippen LogP contribution in [0, 0.1) is 6.92 Å². The number of carbonyl (C=O) groups excluding carboxylic acids is 2. The van der Waals surface area contributed by atoms with Crippen LogP contribution < -0.4 is 5.32 Å². The molecule has 2 aromatic heterocycles. The van der Waals surface area contributed by atoms with Crippen molar-refractivity contribution < 1.29 is 22.4 Å². The van der Waals surface area contributed by atoms with Gasteiger partial charge < -0.3 is 14.6 Å². The molecular weight excluding hydrogens is 438 g/mol. The van der Waals surface area contributed by atoms with Crippen LogP contribution in [0.4, 0.5) is 5.69 Å². The molecule has 2 amide bonds. The van der Waals surface area contributed by atoms with Crippen molar-refractivity contribution in [2.75, 3.05) is 31.5 Å². The zero-order valence-electron chi connectivity index (χ0n) is 16.8. The second-order valence-corrected chi connectivity index (χ2v) is 10.5. The van der Waals surface area contributed by atoms with Crippen molar-refractivity contribution in [3.05, 3.63) is 71.0 Å². The fourth-order valence-corrected chi connectivity index (χ4v) is 6.21. The Morgan fingerprint density at radius 3 is 2.39 bits per heavy atom. The molecule has 3 aromatic rings. The molecule has 1 saturated heterocycles. The number of nitrogens with one attached hydrogen (secondary N) is 1. The van der Waals surface area contributed by atoms with Gasteiger partial charge in [-0.2, -0.15) is 4.31 Å². The lowest BCUT2D eigenvalue weighted by Gasteiger charge is -2.34. The van der Waals surface area contributed by atoms with Crippen LogP contribution in [0.25, 0.3) is 0 Å². The maximum Gasteiger partial charge on any atom is 0.291 e. The second-order valence-electron chi connectivity index (χ2n) is 7.04. The molecule has 0 saturated carbocycles. The van der Waals surface area contributed by atoms with E-state index in [4.69, 9.17) is 4.42 Å². The Labute approximate surface area is 184 Å². The summed E-state index contributed by atoms with van der Waals surface area (Å²) in [4.78, 5) is 27.9. The smallest absolute Gasteiger partial charge is 0.291 e. The number of sulfonamides is 1. The van der Waals surface area contributed by atoms with Gasteiger partial charge in [-0.25, -0.2) is 8.42 Å². The Morgan fingerprint density at radius 2 is 1.74 bits per heavy atom. The number of benzene rings is 1. The maximum absolute atomic E-state index is 13.1. The molecule has 8 nitrogen and oxygen atoms in total. The molecule has 0 unspecified atom stereocenters. The standard InChI is InChI=1S/C21H21N3O5S2/c1-15-8-9-19(30-15)31(27,28)24-12-10-23(11-13-24)21(26)16-5-2-3-6-17(16)22-20(25)18-7-4-14-29-18/h2-9,14H,10-13H2,1H3,(H,22,25). The van der Waals surface area contributed by atoms with Crippen molar-refractivity contribution >= 4 is 38.9 Å². The van der Waals surface area contributed by atoms with Crippen LogP contribution in [0.15, 0.2) is 63.4 Å². The molecule has 162 valence electrons. The number of hydrogen-bond acceptors (Lipinski definition) is 6. The number of para-hydroxylation sites is 1. The molecule has 0 aliphatic carbocycles. The monoisotopic (exact) mass is 459 g/mol. The molecule has 0 spiro atoms. The van der Waals surface area contributed by atoms with Crippen LogP contribution in [0.3, 0.4) is 0 Å². The number of anilines is 1. The molecule has 10 heteroatoms. The van der Waals surface area contributed by atoms with Gasteiger partial charge in [0.25, 0.3) is 21.8 Å². The van der Waals surface area contributed by atoms with E-state index in [9.17, 15) is 18.0 Å². The number of rotatable bonds is 5. The summed E-state index contributed by atoms with van der Waals surface area (Å²) in [6.07, 6.45) is 1.40. The molecule has 3 heterocycles. The SMILES string of the molecule is Cc1ccc(S(=O)(=O)N2CCN(C(=O)c3ccccc3NC(=O)c3ccco3)CC2)s1. The highest BCUT2D eigenvalue weighted by molar-refractivity contribution is 7.91. The second kappa shape index (κ2) is 8.66. The third kappa shape index (κ3) is 4.41. The molecule has 4 rings (SSSR count). The Kier molecular flexibility index (Phi) is 5.94. The largest absolute Gasteiger partial charge is 0.459 e. The molecule has 1 fully saturated rings. The van der Waals surface area contributed by atoms with Gasteiger partial charge in [-0.15, -0.1) is 11.3 Å². The molecule has 0 radical (unpaired) electrons. The van der Waals surface area contributed by atoms with Crippen LogP contribution >= 0.6 is 11.3 Å². The molecular formula is C21H21N3O5S2. The fraction of sp³-hybridized carbons (Fsp3) is 0.238. The number of hydrogen-bond donors (Lipinski definition) is 1. The molecule has 1 aliphatic heterocycles. The summed E-state index contributed by atoms with van der Waals surface area (Å²) >= 11 is 1.24. The van der Waals surface area contributed by atoms with Gasteiger partial charge >= 0.3 is 0 Å². The topological polar surface area (TPSA) is 99.9 Å². The van der Waals surface area contributed by atoms with Gasteiger partial charge in [0.2, 0.25) is 0 Å². The van der Waals surface area contributed by atoms with Crippen LogP contribution in [-0.4, -0.2) is 55.6 Å². The quantitative estimate of drug-likeness (QED) is 0.632. The average Bonchev–Trinajstić information content (AvgIpc) is 3.46. The number of piperazine rings is 1. The first-order chi connectivity index (χ1) is 14.9. The first-order valence-corrected chi connectivity index (χ1v) is 11.9. The van der Waals surface area contributed by atoms with E-state index in [1.165, 1.54) is 28.0 Å². The van der Waals surface area contributed by atoms with Gasteiger partial charge in [-0.05, 0) is 43.3 Å². The summed E-state index contributed by atoms with van der Waals surface area (Å²) in [5.41, 5.74) is 0.714. The Balaban J connectivity index is 1.45. The number of carbonyl (C=O) groups is 2. The number of amides is 2. The highest BCUT2D eigenvalue weighted by Gasteiger charge is 2.32. The highest BCUT2D eigenvalue weighted by Crippen LogP contribution is 2.26. The zero-order chi connectivity index (χ0) is 22.0. The van der Waals surface area contributed by atoms with E-state index in [2.05, 4.69) is 5.32 Å². The lowest BCUT2D eigenvalue weighted by molar-refractivity contribution is 0.0699. The van der Waals surface area contributed by atoms with Gasteiger partial charge in [0, 0.05) is 31.1 Å². The molecule has 1 aromatic carbocycles. The minimum Gasteiger partial charge on any atom is -0.459 e. The number of furan rings is 1. The summed E-state index contributed by atoms with van der Waals surface area (Å²) in [5.74, 6) is -0.573. The van der Waals surface area contributed by atoms with Crippen LogP contribution in [0.1, 0.15) is 25.8 Å². The molecule has 0 bridgehead atoms. The van der Waals surface area contributed by atoms with Crippen molar-refractivity contribution in [2.24, 2.45) is 0 Å². The van der Waals surface area contributed by atoms with Gasteiger partial charge in [0.15, 0.2) is 5.76 Å². The van der Waals surface area contributed by atoms with Gasteiger partial charge in [0.1, 0.15) is 4.21 Å². The summed E-state index contributed by atoms with van der Waals surface area (Å²) < 4.78 is 32.4. The van der Waals surface area contributed by atoms with E-state index in [0.717, 1.165) is 4.88 Å². The van der Waals surface area contributed by atoms with Crippen LogP contribution in [-0.2, 0) is 10.0 Å². The van der Waals surface area contributed by atoms with Gasteiger partial charge in [-0.1, -0.05) is 12.1 Å². The fourth-order valence-electron chi connectivity index (χ4n) is 3.35. The summed E-state index contributed by atoms with van der Waals surface area (Å²) in [5, 5.41) is 2.70. The lowest BCUT2D eigenvalue weighted by Crippen LogP contribution is -2.50. The maximum atomic E-state index is 13.1. The zero-order valence-corrected chi connectivity index (χ0v) is 18.4. The van der Waals surface area contributed by atoms with Crippen molar-refractivity contribution in [3.63, 3.8) is 0 Å². The van der Waals surface area contributed by atoms with Gasteiger partial charge in [-0.3, -0.25) is 9.59 Å². The highest BCUT2D eigenvalue weighted by atomic mass is 32.2. The van der Waals surface area contributed by atoms with Crippen molar-refractivity contribution in [1.29, 1.82) is 0 Å². The number of nitrogens with zero attached hydrogens (tertiary/aromatic N) is 2. The molecule has 1 aliphatic rings. The molecule has 31 heavy (non-hydrogen) atoms. The average molecular weight is 460 g/mol. The molecule has 0 atom stereocenters. The minimum atomic E-state index is -3.56.